The molecule has 1 aromatic carbocycles. The van der Waals surface area contributed by atoms with E-state index in [0.29, 0.717) is 12.2 Å². The van der Waals surface area contributed by atoms with E-state index in [-0.39, 0.29) is 22.4 Å². The molecule has 7 heteroatoms. The number of benzene rings is 1. The van der Waals surface area contributed by atoms with E-state index in [4.69, 9.17) is 0 Å². The Morgan fingerprint density at radius 1 is 1.38 bits per heavy atom. The number of nitrogens with zero attached hydrogens (tertiary/aromatic N) is 1. The molecule has 1 fully saturated rings. The smallest absolute Gasteiger partial charge is 0.327 e. The number of phenols is 2. The molecule has 0 saturated carbocycles. The van der Waals surface area contributed by atoms with Crippen molar-refractivity contribution in [1.82, 2.24) is 4.90 Å². The van der Waals surface area contributed by atoms with Gasteiger partial charge in [0.05, 0.1) is 10.9 Å². The average Bonchev–Trinajstić information content (AvgIpc) is 2.82. The van der Waals surface area contributed by atoms with Crippen LogP contribution in [0.15, 0.2) is 18.2 Å². The normalized spacial score (nSPS) is 21.5. The van der Waals surface area contributed by atoms with Crippen LogP contribution in [-0.2, 0) is 4.79 Å². The van der Waals surface area contributed by atoms with Gasteiger partial charge >= 0.3 is 5.97 Å². The summed E-state index contributed by atoms with van der Waals surface area (Å²) < 4.78 is 0. The average molecular weight is 311 g/mol. The number of aliphatic carboxylic acids is 1. The van der Waals surface area contributed by atoms with E-state index in [9.17, 15) is 24.9 Å². The largest absolute Gasteiger partial charge is 0.508 e. The number of phenolic OH excluding ortho intramolecular Hbond substituents is 2. The van der Waals surface area contributed by atoms with Crippen LogP contribution in [0.25, 0.3) is 0 Å². The molecule has 3 N–H and O–H groups in total. The lowest BCUT2D eigenvalue weighted by Gasteiger charge is -2.27. The lowest BCUT2D eigenvalue weighted by molar-refractivity contribution is -0.141. The Morgan fingerprint density at radius 3 is 2.67 bits per heavy atom. The topological polar surface area (TPSA) is 98.1 Å². The first kappa shape index (κ1) is 15.5. The Labute approximate surface area is 126 Å². The molecule has 1 aliphatic rings. The van der Waals surface area contributed by atoms with E-state index in [1.54, 1.807) is 0 Å². The molecule has 21 heavy (non-hydrogen) atoms. The van der Waals surface area contributed by atoms with Crippen molar-refractivity contribution in [3.63, 3.8) is 0 Å². The summed E-state index contributed by atoms with van der Waals surface area (Å²) in [6.45, 7) is 1.97. The lowest BCUT2D eigenvalue weighted by Crippen LogP contribution is -2.45. The monoisotopic (exact) mass is 311 g/mol. The molecule has 0 aromatic heterocycles. The molecule has 2 unspecified atom stereocenters. The summed E-state index contributed by atoms with van der Waals surface area (Å²) >= 11 is 1.44. The number of hydrogen-bond acceptors (Lipinski definition) is 5. The van der Waals surface area contributed by atoms with Gasteiger partial charge in [0.2, 0.25) is 0 Å². The van der Waals surface area contributed by atoms with Gasteiger partial charge in [0.15, 0.2) is 0 Å². The number of carboxylic acid groups (broad SMARTS) is 1. The highest BCUT2D eigenvalue weighted by atomic mass is 32.2. The van der Waals surface area contributed by atoms with Crippen molar-refractivity contribution in [1.29, 1.82) is 0 Å². The molecule has 1 saturated heterocycles. The Bertz CT molecular complexity index is 562. The molecule has 114 valence electrons. The Hall–Kier alpha value is -1.89. The molecule has 6 nitrogen and oxygen atoms in total. The second-order valence-electron chi connectivity index (χ2n) is 4.84. The van der Waals surface area contributed by atoms with Gasteiger partial charge in [-0.25, -0.2) is 4.79 Å². The van der Waals surface area contributed by atoms with Gasteiger partial charge in [-0.1, -0.05) is 13.3 Å². The van der Waals surface area contributed by atoms with Crippen LogP contribution >= 0.6 is 11.8 Å². The molecular weight excluding hydrogens is 294 g/mol. The standard InChI is InChI=1S/C14H17NO5S/c1-2-3-12-15(10(7-21-12)14(19)20)13(18)9-5-4-8(16)6-11(9)17/h4-6,10,12,16-17H,2-3,7H2,1H3,(H,19,20). The molecule has 0 aliphatic carbocycles. The summed E-state index contributed by atoms with van der Waals surface area (Å²) in [4.78, 5) is 25.2. The summed E-state index contributed by atoms with van der Waals surface area (Å²) in [7, 11) is 0. The number of rotatable bonds is 4. The molecule has 1 aromatic rings. The van der Waals surface area contributed by atoms with Crippen LogP contribution in [0.4, 0.5) is 0 Å². The number of carbonyl (C=O) groups is 2. The summed E-state index contributed by atoms with van der Waals surface area (Å²) in [5.74, 6) is -1.74. The number of thioether (sulfide) groups is 1. The minimum atomic E-state index is -1.05. The van der Waals surface area contributed by atoms with Crippen molar-refractivity contribution in [2.45, 2.75) is 31.2 Å². The van der Waals surface area contributed by atoms with Crippen molar-refractivity contribution in [3.05, 3.63) is 23.8 Å². The highest BCUT2D eigenvalue weighted by molar-refractivity contribution is 8.00. The van der Waals surface area contributed by atoms with Crippen molar-refractivity contribution in [2.75, 3.05) is 5.75 Å². The van der Waals surface area contributed by atoms with Gasteiger partial charge in [0, 0.05) is 11.8 Å². The fourth-order valence-electron chi connectivity index (χ4n) is 2.34. The second kappa shape index (κ2) is 6.26. The van der Waals surface area contributed by atoms with Crippen LogP contribution in [0.1, 0.15) is 30.1 Å². The van der Waals surface area contributed by atoms with Crippen LogP contribution < -0.4 is 0 Å². The number of hydrogen-bond donors (Lipinski definition) is 3. The third-order valence-corrected chi connectivity index (χ3v) is 4.72. The van der Waals surface area contributed by atoms with Crippen LogP contribution in [0.2, 0.25) is 0 Å². The lowest BCUT2D eigenvalue weighted by atomic mass is 10.1. The third kappa shape index (κ3) is 3.07. The molecule has 0 radical (unpaired) electrons. The minimum Gasteiger partial charge on any atom is -0.508 e. The SMILES string of the molecule is CCCC1SCC(C(=O)O)N1C(=O)c1ccc(O)cc1O. The predicted octanol–water partition coefficient (Wildman–Crippen LogP) is 1.87. The zero-order chi connectivity index (χ0) is 15.6. The number of carboxylic acids is 1. The van der Waals surface area contributed by atoms with Gasteiger partial charge in [-0.2, -0.15) is 0 Å². The van der Waals surface area contributed by atoms with E-state index < -0.39 is 17.9 Å². The van der Waals surface area contributed by atoms with Crippen molar-refractivity contribution >= 4 is 23.6 Å². The number of aromatic hydroxyl groups is 2. The van der Waals surface area contributed by atoms with Gasteiger partial charge in [-0.3, -0.25) is 4.79 Å². The Morgan fingerprint density at radius 2 is 2.10 bits per heavy atom. The number of carbonyl (C=O) groups excluding carboxylic acids is 1. The van der Waals surface area contributed by atoms with E-state index in [1.165, 1.54) is 28.8 Å². The zero-order valence-corrected chi connectivity index (χ0v) is 12.3. The minimum absolute atomic E-state index is 0.00246. The van der Waals surface area contributed by atoms with Crippen molar-refractivity contribution < 1.29 is 24.9 Å². The van der Waals surface area contributed by atoms with E-state index >= 15 is 0 Å². The van der Waals surface area contributed by atoms with Gasteiger partial charge in [0.25, 0.3) is 5.91 Å². The summed E-state index contributed by atoms with van der Waals surface area (Å²) in [6, 6.07) is 2.77. The van der Waals surface area contributed by atoms with Gasteiger partial charge < -0.3 is 20.2 Å². The van der Waals surface area contributed by atoms with E-state index in [1.807, 2.05) is 6.92 Å². The highest BCUT2D eigenvalue weighted by Crippen LogP contribution is 2.35. The molecule has 1 heterocycles. The second-order valence-corrected chi connectivity index (χ2v) is 6.06. The fraction of sp³-hybridized carbons (Fsp3) is 0.429. The first-order valence-electron chi connectivity index (χ1n) is 6.64. The van der Waals surface area contributed by atoms with Gasteiger partial charge in [0.1, 0.15) is 17.5 Å². The Kier molecular flexibility index (Phi) is 4.62. The van der Waals surface area contributed by atoms with Crippen molar-refractivity contribution in [3.8, 4) is 11.5 Å². The maximum absolute atomic E-state index is 12.6. The van der Waals surface area contributed by atoms with Crippen LogP contribution in [0, 0.1) is 0 Å². The predicted molar refractivity (Wildman–Crippen MR) is 78.5 cm³/mol. The molecular formula is C14H17NO5S. The summed E-state index contributed by atoms with van der Waals surface area (Å²) in [5, 5.41) is 28.1. The third-order valence-electron chi connectivity index (χ3n) is 3.36. The number of amides is 1. The van der Waals surface area contributed by atoms with Gasteiger partial charge in [-0.05, 0) is 18.6 Å². The quantitative estimate of drug-likeness (QED) is 0.785. The molecule has 2 rings (SSSR count). The van der Waals surface area contributed by atoms with Crippen LogP contribution in [0.3, 0.4) is 0 Å². The maximum Gasteiger partial charge on any atom is 0.327 e. The highest BCUT2D eigenvalue weighted by Gasteiger charge is 2.42. The Balaban J connectivity index is 2.34. The maximum atomic E-state index is 12.6. The zero-order valence-electron chi connectivity index (χ0n) is 11.5. The van der Waals surface area contributed by atoms with Crippen LogP contribution in [0.5, 0.6) is 11.5 Å². The molecule has 2 atom stereocenters. The van der Waals surface area contributed by atoms with E-state index in [2.05, 4.69) is 0 Å². The first-order valence-corrected chi connectivity index (χ1v) is 7.69. The van der Waals surface area contributed by atoms with Gasteiger partial charge in [-0.15, -0.1) is 11.8 Å². The fourth-order valence-corrected chi connectivity index (χ4v) is 3.85. The van der Waals surface area contributed by atoms with Crippen molar-refractivity contribution in [2.24, 2.45) is 0 Å². The molecule has 1 aliphatic heterocycles. The summed E-state index contributed by atoms with van der Waals surface area (Å²) in [5.41, 5.74) is 0.00246. The molecule has 0 bridgehead atoms. The van der Waals surface area contributed by atoms with E-state index in [0.717, 1.165) is 12.5 Å². The molecule has 0 spiro atoms. The molecule has 1 amide bonds. The first-order chi connectivity index (χ1) is 9.95. The summed E-state index contributed by atoms with van der Waals surface area (Å²) in [6.07, 6.45) is 1.52. The van der Waals surface area contributed by atoms with Crippen LogP contribution in [-0.4, -0.2) is 49.3 Å².